The summed E-state index contributed by atoms with van der Waals surface area (Å²) in [5.41, 5.74) is 3.74. The summed E-state index contributed by atoms with van der Waals surface area (Å²) in [6.45, 7) is 3.85. The molecule has 122 valence electrons. The minimum atomic E-state index is 0. The Balaban J connectivity index is 0.00000156. The molecular weight excluding hydrogens is 335 g/mol. The van der Waals surface area contributed by atoms with Crippen LogP contribution in [0.1, 0.15) is 36.9 Å². The Labute approximate surface area is 145 Å². The third-order valence-corrected chi connectivity index (χ3v) is 5.00. The second kappa shape index (κ2) is 6.13. The first-order chi connectivity index (χ1) is 10.6. The van der Waals surface area contributed by atoms with Crippen LogP contribution in [0.15, 0.2) is 10.7 Å². The Morgan fingerprint density at radius 3 is 2.70 bits per heavy atom. The quantitative estimate of drug-likeness (QED) is 0.716. The van der Waals surface area contributed by atoms with E-state index < -0.39 is 0 Å². The smallest absolute Gasteiger partial charge is 0.229 e. The number of anilines is 1. The molecule has 1 aliphatic rings. The van der Waals surface area contributed by atoms with Crippen molar-refractivity contribution in [3.8, 4) is 0 Å². The first-order valence-corrected chi connectivity index (χ1v) is 7.99. The van der Waals surface area contributed by atoms with Crippen LogP contribution in [0.25, 0.3) is 22.2 Å². The SMILES string of the molecule is Cc1nc2oc3c(NC4CCCC4)ncnc3c2c(C)c1Cl.Cl. The summed E-state index contributed by atoms with van der Waals surface area (Å²) in [6, 6.07) is 0.464. The van der Waals surface area contributed by atoms with Gasteiger partial charge in [0.05, 0.1) is 16.1 Å². The zero-order valence-corrected chi connectivity index (χ0v) is 14.6. The highest BCUT2D eigenvalue weighted by Gasteiger charge is 2.21. The monoisotopic (exact) mass is 352 g/mol. The molecule has 0 unspecified atom stereocenters. The van der Waals surface area contributed by atoms with Gasteiger partial charge in [-0.15, -0.1) is 12.4 Å². The van der Waals surface area contributed by atoms with E-state index in [1.807, 2.05) is 13.8 Å². The van der Waals surface area contributed by atoms with Crippen molar-refractivity contribution in [3.05, 3.63) is 22.6 Å². The van der Waals surface area contributed by atoms with Gasteiger partial charge in [-0.3, -0.25) is 0 Å². The van der Waals surface area contributed by atoms with Crippen molar-refractivity contribution in [1.29, 1.82) is 0 Å². The number of fused-ring (bicyclic) bond motifs is 3. The standard InChI is InChI=1S/C16H17ClN4O.ClH/c1-8-11-13-14(22-16(11)20-9(2)12(8)17)15(19-7-18-13)21-10-5-3-4-6-10;/h7,10H,3-6H2,1-2H3,(H,18,19,21);1H. The van der Waals surface area contributed by atoms with E-state index in [0.29, 0.717) is 22.4 Å². The third-order valence-electron chi connectivity index (χ3n) is 4.44. The predicted molar refractivity (Wildman–Crippen MR) is 94.7 cm³/mol. The average molecular weight is 353 g/mol. The van der Waals surface area contributed by atoms with Gasteiger partial charge in [0.1, 0.15) is 11.8 Å². The van der Waals surface area contributed by atoms with E-state index in [-0.39, 0.29) is 12.4 Å². The summed E-state index contributed by atoms with van der Waals surface area (Å²) < 4.78 is 5.95. The molecule has 4 rings (SSSR count). The van der Waals surface area contributed by atoms with Crippen molar-refractivity contribution in [2.45, 2.75) is 45.6 Å². The molecule has 5 nitrogen and oxygen atoms in total. The molecule has 0 saturated heterocycles. The van der Waals surface area contributed by atoms with Gasteiger partial charge in [-0.05, 0) is 32.3 Å². The molecule has 0 atom stereocenters. The highest BCUT2D eigenvalue weighted by atomic mass is 35.5. The number of furan rings is 1. The van der Waals surface area contributed by atoms with E-state index in [1.165, 1.54) is 25.7 Å². The number of halogens is 2. The Morgan fingerprint density at radius 2 is 1.96 bits per heavy atom. The van der Waals surface area contributed by atoms with Crippen LogP contribution in [-0.2, 0) is 0 Å². The van der Waals surface area contributed by atoms with Gasteiger partial charge in [0.2, 0.25) is 5.71 Å². The van der Waals surface area contributed by atoms with Crippen LogP contribution < -0.4 is 5.32 Å². The molecule has 1 saturated carbocycles. The Kier molecular flexibility index (Phi) is 4.34. The number of nitrogens with zero attached hydrogens (tertiary/aromatic N) is 3. The lowest BCUT2D eigenvalue weighted by molar-refractivity contribution is 0.647. The number of rotatable bonds is 2. The van der Waals surface area contributed by atoms with Gasteiger partial charge in [0.25, 0.3) is 0 Å². The normalized spacial score (nSPS) is 15.3. The highest BCUT2D eigenvalue weighted by molar-refractivity contribution is 6.33. The number of hydrogen-bond acceptors (Lipinski definition) is 5. The zero-order chi connectivity index (χ0) is 15.3. The molecule has 1 aliphatic carbocycles. The van der Waals surface area contributed by atoms with Crippen molar-refractivity contribution < 1.29 is 4.42 Å². The molecule has 23 heavy (non-hydrogen) atoms. The molecule has 0 bridgehead atoms. The molecule has 3 aromatic heterocycles. The fourth-order valence-electron chi connectivity index (χ4n) is 3.26. The van der Waals surface area contributed by atoms with Gasteiger partial charge < -0.3 is 9.73 Å². The largest absolute Gasteiger partial charge is 0.432 e. The number of hydrogen-bond donors (Lipinski definition) is 1. The number of nitrogens with one attached hydrogen (secondary N) is 1. The lowest BCUT2D eigenvalue weighted by atomic mass is 10.1. The molecule has 0 radical (unpaired) electrons. The average Bonchev–Trinajstić information content (AvgIpc) is 3.12. The van der Waals surface area contributed by atoms with Gasteiger partial charge in [0, 0.05) is 6.04 Å². The fraction of sp³-hybridized carbons (Fsp3) is 0.438. The summed E-state index contributed by atoms with van der Waals surface area (Å²) >= 11 is 6.33. The van der Waals surface area contributed by atoms with Crippen LogP contribution in [0, 0.1) is 13.8 Å². The maximum Gasteiger partial charge on any atom is 0.229 e. The summed E-state index contributed by atoms with van der Waals surface area (Å²) in [7, 11) is 0. The van der Waals surface area contributed by atoms with Crippen LogP contribution >= 0.6 is 24.0 Å². The maximum absolute atomic E-state index is 6.33. The van der Waals surface area contributed by atoms with Crippen LogP contribution in [-0.4, -0.2) is 21.0 Å². The van der Waals surface area contributed by atoms with Crippen molar-refractivity contribution in [3.63, 3.8) is 0 Å². The summed E-state index contributed by atoms with van der Waals surface area (Å²) in [5.74, 6) is 0.753. The van der Waals surface area contributed by atoms with E-state index in [4.69, 9.17) is 16.0 Å². The van der Waals surface area contributed by atoms with E-state index >= 15 is 0 Å². The lowest BCUT2D eigenvalue weighted by Gasteiger charge is -2.11. The minimum absolute atomic E-state index is 0. The van der Waals surface area contributed by atoms with Crippen LogP contribution in [0.2, 0.25) is 5.02 Å². The molecular formula is C16H18Cl2N4O. The zero-order valence-electron chi connectivity index (χ0n) is 13.0. The topological polar surface area (TPSA) is 63.8 Å². The van der Waals surface area contributed by atoms with Crippen molar-refractivity contribution in [1.82, 2.24) is 15.0 Å². The number of aryl methyl sites for hydroxylation is 2. The Morgan fingerprint density at radius 1 is 1.22 bits per heavy atom. The van der Waals surface area contributed by atoms with Crippen LogP contribution in [0.3, 0.4) is 0 Å². The minimum Gasteiger partial charge on any atom is -0.432 e. The Hall–Kier alpha value is -1.59. The maximum atomic E-state index is 6.33. The van der Waals surface area contributed by atoms with Gasteiger partial charge in [-0.2, -0.15) is 0 Å². The van der Waals surface area contributed by atoms with Gasteiger partial charge in [-0.25, -0.2) is 15.0 Å². The van der Waals surface area contributed by atoms with E-state index in [2.05, 4.69) is 20.3 Å². The number of pyridine rings is 1. The van der Waals surface area contributed by atoms with Crippen LogP contribution in [0.4, 0.5) is 5.82 Å². The first kappa shape index (κ1) is 16.3. The molecule has 0 aromatic carbocycles. The second-order valence-electron chi connectivity index (χ2n) is 5.94. The lowest BCUT2D eigenvalue weighted by Crippen LogP contribution is -2.15. The molecule has 7 heteroatoms. The third kappa shape index (κ3) is 2.62. The summed E-state index contributed by atoms with van der Waals surface area (Å²) in [4.78, 5) is 13.2. The Bertz CT molecular complexity index is 872. The van der Waals surface area contributed by atoms with Crippen LogP contribution in [0.5, 0.6) is 0 Å². The van der Waals surface area contributed by atoms with E-state index in [9.17, 15) is 0 Å². The number of aromatic nitrogens is 3. The molecule has 0 amide bonds. The van der Waals surface area contributed by atoms with E-state index in [1.54, 1.807) is 6.33 Å². The molecule has 0 aliphatic heterocycles. The molecule has 0 spiro atoms. The summed E-state index contributed by atoms with van der Waals surface area (Å²) in [6.07, 6.45) is 6.45. The van der Waals surface area contributed by atoms with Gasteiger partial charge in [0.15, 0.2) is 11.4 Å². The van der Waals surface area contributed by atoms with Crippen molar-refractivity contribution >= 4 is 52.0 Å². The molecule has 3 aromatic rings. The molecule has 3 heterocycles. The summed E-state index contributed by atoms with van der Waals surface area (Å²) in [5, 5.41) is 5.03. The fourth-order valence-corrected chi connectivity index (χ4v) is 3.40. The van der Waals surface area contributed by atoms with E-state index in [0.717, 1.165) is 28.0 Å². The predicted octanol–water partition coefficient (Wildman–Crippen LogP) is 4.82. The van der Waals surface area contributed by atoms with Crippen molar-refractivity contribution in [2.75, 3.05) is 5.32 Å². The first-order valence-electron chi connectivity index (χ1n) is 7.61. The second-order valence-corrected chi connectivity index (χ2v) is 6.32. The van der Waals surface area contributed by atoms with Gasteiger partial charge >= 0.3 is 0 Å². The van der Waals surface area contributed by atoms with Crippen molar-refractivity contribution in [2.24, 2.45) is 0 Å². The highest BCUT2D eigenvalue weighted by Crippen LogP contribution is 2.36. The molecule has 1 fully saturated rings. The van der Waals surface area contributed by atoms with Gasteiger partial charge in [-0.1, -0.05) is 24.4 Å². The molecule has 1 N–H and O–H groups in total.